The maximum absolute atomic E-state index is 12.7. The first-order valence-corrected chi connectivity index (χ1v) is 38.6. The van der Waals surface area contributed by atoms with Gasteiger partial charge in [0.15, 0.2) is 35.4 Å². The average Bonchev–Trinajstić information content (AvgIpc) is 1.62. The van der Waals surface area contributed by atoms with Crippen molar-refractivity contribution in [2.24, 2.45) is 10.8 Å². The summed E-state index contributed by atoms with van der Waals surface area (Å²) < 4.78 is 122. The van der Waals surface area contributed by atoms with E-state index < -0.39 is 169 Å². The van der Waals surface area contributed by atoms with Crippen LogP contribution < -0.4 is 175 Å². The third kappa shape index (κ3) is 30.9. The Morgan fingerprint density at radius 1 is 0.549 bits per heavy atom. The minimum atomic E-state index is -5.98. The number of hydrogen-bond acceptors (Lipinski definition) is 40. The molecule has 4 aromatic heterocycles. The van der Waals surface area contributed by atoms with Crippen molar-refractivity contribution in [1.29, 1.82) is 0 Å². The van der Waals surface area contributed by atoms with Gasteiger partial charge in [0.1, 0.15) is 72.5 Å². The third-order valence-electron chi connectivity index (χ3n) is 13.2. The average molecular weight is 1570 g/mol. The molecule has 0 saturated carbocycles. The van der Waals surface area contributed by atoms with Crippen molar-refractivity contribution >= 4 is 126 Å². The summed E-state index contributed by atoms with van der Waals surface area (Å²) in [4.78, 5) is 166. The Labute approximate surface area is 659 Å². The van der Waals surface area contributed by atoms with Crippen molar-refractivity contribution in [1.82, 2.24) is 60.3 Å². The standard InChI is InChI=1S/C42H70N14O32P6S2.6Li/c1-41(2,15-81-93(75,76)87-91(71,72)79-13-21-29(85-89(65,66)67)27(59)39(83-21)55-19-53-25-33(43)49-17-51-35(25)55)31(61)37(63)47-7-5-23(57)45-9-11-95-96-12-10-46-24(58)6-8-48-38(64)32(62)42(3,4)16-82-94(77,78)88-92(73,74)80-14-22-30(86-90(68,69)70)28(60)40(84-22)56-20-54-26-34(44)50-18-52-36(26)56;;;;;;/h17-22,27-32,39-40,59-62H,5-16H2,1-4H3,(H,45,57)(H,46,58)(H,47,63)(H,48,64)(H,71,72)(H,73,74)(H,75,76)(H,77,78)(H2,43,49,51)(H2,44,50,52)(H2,65,66,67)(H2,68,69,70);;;;;;/q;6*+1/p-6/t21-,22-,27-,28-,29-,30-,31+,32+,39-,40-;;;;;;/m1....../s1. The zero-order chi connectivity index (χ0) is 71.6. The van der Waals surface area contributed by atoms with Gasteiger partial charge < -0.3 is 129 Å². The van der Waals surface area contributed by atoms with Gasteiger partial charge in [-0.3, -0.25) is 55.7 Å². The van der Waals surface area contributed by atoms with Crippen LogP contribution in [0.2, 0.25) is 0 Å². The Bertz CT molecular complexity index is 3490. The number of hydrogen-bond donors (Lipinski definition) is 12. The molecule has 6 rings (SSSR count). The van der Waals surface area contributed by atoms with Crippen molar-refractivity contribution in [3.05, 3.63) is 25.3 Å². The molecule has 4 amide bonds. The van der Waals surface area contributed by atoms with Gasteiger partial charge in [0, 0.05) is 61.4 Å². The van der Waals surface area contributed by atoms with Gasteiger partial charge in [-0.2, -0.15) is 0 Å². The third-order valence-corrected chi connectivity index (χ3v) is 21.7. The molecule has 14 N–H and O–H groups in total. The molecule has 0 aromatic carbocycles. The van der Waals surface area contributed by atoms with Crippen LogP contribution in [0.1, 0.15) is 53.0 Å². The molecule has 60 heteroatoms. The number of nitrogens with one attached hydrogen (secondary N) is 4. The summed E-state index contributed by atoms with van der Waals surface area (Å²) in [6, 6.07) is 0. The topological polar surface area (TPSA) is 710 Å². The maximum atomic E-state index is 12.7. The summed E-state index contributed by atoms with van der Waals surface area (Å²) in [5, 5.41) is 52.9. The van der Waals surface area contributed by atoms with Gasteiger partial charge in [0.25, 0.3) is 46.9 Å². The molecule has 2 saturated heterocycles. The van der Waals surface area contributed by atoms with E-state index >= 15 is 0 Å². The van der Waals surface area contributed by atoms with Crippen LogP contribution >= 0.6 is 68.5 Å². The molecular weight excluding hydrogens is 1500 g/mol. The molecule has 0 aliphatic carbocycles. The molecule has 4 aromatic rings. The Balaban J connectivity index is 0.0000170. The summed E-state index contributed by atoms with van der Waals surface area (Å²) in [5.74, 6) is -2.66. The number of fused-ring (bicyclic) bond motifs is 2. The smallest absolute Gasteiger partial charge is 0.756 e. The fourth-order valence-corrected chi connectivity index (χ4v) is 15.7. The first-order valence-electron chi connectivity index (χ1n) is 27.3. The number of carbonyl (C=O) groups excluding carboxylic acids is 4. The molecule has 16 atom stereocenters. The molecule has 2 aliphatic heterocycles. The molecule has 102 heavy (non-hydrogen) atoms. The number of aliphatic hydroxyl groups is 4. The number of imidazole rings is 2. The van der Waals surface area contributed by atoms with Gasteiger partial charge in [-0.25, -0.2) is 38.5 Å². The van der Waals surface area contributed by atoms with Gasteiger partial charge in [-0.05, 0) is 0 Å². The fraction of sp³-hybridized carbons (Fsp3) is 0.667. The van der Waals surface area contributed by atoms with E-state index in [-0.39, 0.29) is 186 Å². The number of nitrogens with two attached hydrogens (primary N) is 2. The van der Waals surface area contributed by atoms with Crippen LogP contribution in [-0.4, -0.2) is 206 Å². The van der Waals surface area contributed by atoms with E-state index in [2.05, 4.69) is 86.9 Å². The number of rotatable bonds is 39. The fourth-order valence-electron chi connectivity index (χ4n) is 8.43. The molecule has 0 radical (unpaired) electrons. The molecule has 6 unspecified atom stereocenters. The molecule has 6 heterocycles. The number of aromatic nitrogens is 8. The number of phosphoric ester groups is 6. The molecule has 0 bridgehead atoms. The summed E-state index contributed by atoms with van der Waals surface area (Å²) in [7, 11) is -32.5. The molecule has 46 nitrogen and oxygen atoms in total. The minimum Gasteiger partial charge on any atom is -0.756 e. The number of amides is 4. The monoisotopic (exact) mass is 1570 g/mol. The summed E-state index contributed by atoms with van der Waals surface area (Å²) in [6.07, 6.45) is -15.6. The van der Waals surface area contributed by atoms with Crippen LogP contribution in [0.15, 0.2) is 25.3 Å². The largest absolute Gasteiger partial charge is 1.00 e. The zero-order valence-corrected chi connectivity index (χ0v) is 63.1. The van der Waals surface area contributed by atoms with Crippen molar-refractivity contribution in [3.8, 4) is 0 Å². The summed E-state index contributed by atoms with van der Waals surface area (Å²) in [6.45, 7) is -0.393. The van der Waals surface area contributed by atoms with Gasteiger partial charge in [0.2, 0.25) is 23.6 Å². The van der Waals surface area contributed by atoms with Gasteiger partial charge >= 0.3 is 113 Å². The number of anilines is 2. The van der Waals surface area contributed by atoms with Crippen LogP contribution in [0.3, 0.4) is 0 Å². The van der Waals surface area contributed by atoms with Crippen LogP contribution in [-0.2, 0) is 91.8 Å². The molecule has 2 fully saturated rings. The second-order valence-electron chi connectivity index (χ2n) is 21.7. The first kappa shape index (κ1) is 101. The second kappa shape index (κ2) is 43.3. The van der Waals surface area contributed by atoms with E-state index in [1.54, 1.807) is 0 Å². The van der Waals surface area contributed by atoms with Crippen molar-refractivity contribution < 1.29 is 265 Å². The zero-order valence-electron chi connectivity index (χ0n) is 56.1. The quantitative estimate of drug-likeness (QED) is 0.00854. The molecule has 0 spiro atoms. The van der Waals surface area contributed by atoms with E-state index in [1.165, 1.54) is 21.6 Å². The number of phosphoric acid groups is 6. The van der Waals surface area contributed by atoms with Gasteiger partial charge in [-0.1, -0.05) is 49.3 Å². The van der Waals surface area contributed by atoms with E-state index in [1.807, 2.05) is 0 Å². The van der Waals surface area contributed by atoms with Gasteiger partial charge in [-0.15, -0.1) is 0 Å². The normalized spacial score (nSPS) is 23.1. The van der Waals surface area contributed by atoms with Crippen LogP contribution in [0, 0.1) is 10.8 Å². The summed E-state index contributed by atoms with van der Waals surface area (Å²) >= 11 is 0. The van der Waals surface area contributed by atoms with Crippen LogP contribution in [0.5, 0.6) is 0 Å². The number of nitrogen functional groups attached to an aromatic ring is 2. The van der Waals surface area contributed by atoms with Crippen LogP contribution in [0.25, 0.3) is 22.3 Å². The Kier molecular flexibility index (Phi) is 43.0. The van der Waals surface area contributed by atoms with Crippen molar-refractivity contribution in [3.63, 3.8) is 0 Å². The maximum Gasteiger partial charge on any atom is 1.00 e. The molecular formula is C42H64Li6N14O32P6S2. The Morgan fingerprint density at radius 2 is 0.873 bits per heavy atom. The predicted octanol–water partition coefficient (Wildman–Crippen LogP) is -24.6. The second-order valence-corrected chi connectivity index (χ2v) is 32.6. The predicted molar refractivity (Wildman–Crippen MR) is 311 cm³/mol. The number of nitrogens with zero attached hydrogens (tertiary/aromatic N) is 8. The van der Waals surface area contributed by atoms with E-state index in [9.17, 15) is 106 Å². The number of carbonyl (C=O) groups is 4. The summed E-state index contributed by atoms with van der Waals surface area (Å²) in [5.41, 5.74) is 7.94. The minimum absolute atomic E-state index is 0. The van der Waals surface area contributed by atoms with E-state index in [0.29, 0.717) is 11.5 Å². The van der Waals surface area contributed by atoms with Crippen molar-refractivity contribution in [2.75, 3.05) is 75.6 Å². The number of aliphatic hydroxyl groups excluding tert-OH is 4. The molecule has 2 aliphatic rings. The molecule has 542 valence electrons. The van der Waals surface area contributed by atoms with Crippen LogP contribution in [0.4, 0.5) is 11.6 Å². The van der Waals surface area contributed by atoms with Crippen molar-refractivity contribution in [2.45, 2.75) is 102 Å². The first-order chi connectivity index (χ1) is 44.4. The van der Waals surface area contributed by atoms with E-state index in [4.69, 9.17) is 20.9 Å². The van der Waals surface area contributed by atoms with E-state index in [0.717, 1.165) is 62.1 Å². The SMILES string of the molecule is CC(C)(COP(=O)([O-])OP(=O)([O-])OC[C@H]1O[C@@H](n2cnc3c(N)ncnc32)[C@H](O)[C@@H]1OP(=O)([O-])O)[C@@H](O)C(=O)NCCC(=O)NCCSSCCNC(=O)CCNC(=O)[C@H](O)C(C)(C)COP(=O)([O-])OP(=O)([O-])OC[C@H]1O[C@@H](n2cnc3c(N)ncnc32)[C@H](O)[C@@H]1OP(=O)([O-])O.[Li+].[Li+].[Li+].[Li+].[Li+].[Li+]. The van der Waals surface area contributed by atoms with Gasteiger partial charge in [0.05, 0.1) is 39.1 Å². The Hall–Kier alpha value is -0.636. The number of ether oxygens (including phenoxy) is 2. The Morgan fingerprint density at radius 3 is 1.20 bits per heavy atom.